The van der Waals surface area contributed by atoms with E-state index in [1.807, 2.05) is 0 Å². The zero-order valence-corrected chi connectivity index (χ0v) is 10.4. The molecular weight excluding hydrogens is 280 g/mol. The number of aromatic nitrogens is 1. The Balaban J connectivity index is 2.34. The summed E-state index contributed by atoms with van der Waals surface area (Å²) < 4.78 is 0. The van der Waals surface area contributed by atoms with Crippen molar-refractivity contribution in [2.75, 3.05) is 5.32 Å². The molecule has 1 aromatic carbocycles. The number of nitrogens with zero attached hydrogens (tertiary/aromatic N) is 3. The van der Waals surface area contributed by atoms with Gasteiger partial charge in [-0.05, 0) is 18.2 Å². The van der Waals surface area contributed by atoms with Crippen LogP contribution in [0, 0.1) is 20.2 Å². The van der Waals surface area contributed by atoms with Gasteiger partial charge >= 0.3 is 0 Å². The lowest BCUT2D eigenvalue weighted by Crippen LogP contribution is -2.13. The van der Waals surface area contributed by atoms with Gasteiger partial charge in [-0.25, -0.2) is 0 Å². The molecule has 0 radical (unpaired) electrons. The topological polar surface area (TPSA) is 128 Å². The maximum absolute atomic E-state index is 11.9. The van der Waals surface area contributed by atoms with Gasteiger partial charge in [0, 0.05) is 24.0 Å². The number of pyridine rings is 1. The van der Waals surface area contributed by atoms with Crippen molar-refractivity contribution in [3.05, 3.63) is 68.5 Å². The van der Waals surface area contributed by atoms with Gasteiger partial charge in [0.15, 0.2) is 0 Å². The number of amides is 1. The highest BCUT2D eigenvalue weighted by atomic mass is 16.6. The van der Waals surface area contributed by atoms with E-state index in [1.165, 1.54) is 24.5 Å². The summed E-state index contributed by atoms with van der Waals surface area (Å²) in [5.74, 6) is -0.575. The summed E-state index contributed by atoms with van der Waals surface area (Å²) in [6.07, 6.45) is 2.80. The Kier molecular flexibility index (Phi) is 3.84. The van der Waals surface area contributed by atoms with E-state index in [2.05, 4.69) is 10.3 Å². The van der Waals surface area contributed by atoms with Crippen LogP contribution in [-0.4, -0.2) is 20.7 Å². The minimum Gasteiger partial charge on any atom is -0.316 e. The highest BCUT2D eigenvalue weighted by molar-refractivity contribution is 6.05. The second-order valence-electron chi connectivity index (χ2n) is 3.91. The van der Waals surface area contributed by atoms with Crippen LogP contribution in [0.3, 0.4) is 0 Å². The van der Waals surface area contributed by atoms with E-state index in [0.29, 0.717) is 0 Å². The molecule has 0 unspecified atom stereocenters. The number of rotatable bonds is 4. The Morgan fingerprint density at radius 2 is 1.71 bits per heavy atom. The maximum Gasteiger partial charge on any atom is 0.299 e. The van der Waals surface area contributed by atoms with Gasteiger partial charge in [-0.1, -0.05) is 0 Å². The molecule has 9 nitrogen and oxygen atoms in total. The Morgan fingerprint density at radius 3 is 2.29 bits per heavy atom. The number of hydrogen-bond acceptors (Lipinski definition) is 6. The standard InChI is InChI=1S/C12H8N4O5/c17-12(8-3-5-13-6-4-8)14-10-2-1-9(15(18)19)7-11(10)16(20)21/h1-7H,(H,14,17). The third-order valence-corrected chi connectivity index (χ3v) is 2.58. The summed E-state index contributed by atoms with van der Waals surface area (Å²) in [6.45, 7) is 0. The lowest BCUT2D eigenvalue weighted by Gasteiger charge is -2.05. The third-order valence-electron chi connectivity index (χ3n) is 2.58. The van der Waals surface area contributed by atoms with Gasteiger partial charge in [0.1, 0.15) is 5.69 Å². The number of non-ortho nitro benzene ring substituents is 1. The SMILES string of the molecule is O=C(Nc1ccc([N+](=O)[O-])cc1[N+](=O)[O-])c1ccncc1. The first-order chi connectivity index (χ1) is 9.99. The zero-order valence-electron chi connectivity index (χ0n) is 10.4. The van der Waals surface area contributed by atoms with Gasteiger partial charge in [0.25, 0.3) is 17.3 Å². The van der Waals surface area contributed by atoms with Crippen LogP contribution < -0.4 is 5.32 Å². The van der Waals surface area contributed by atoms with Gasteiger partial charge in [-0.3, -0.25) is 30.0 Å². The average Bonchev–Trinajstić information content (AvgIpc) is 2.48. The second-order valence-corrected chi connectivity index (χ2v) is 3.91. The number of nitro benzene ring substituents is 2. The third kappa shape index (κ3) is 3.15. The van der Waals surface area contributed by atoms with Crippen LogP contribution in [0.4, 0.5) is 17.1 Å². The summed E-state index contributed by atoms with van der Waals surface area (Å²) >= 11 is 0. The monoisotopic (exact) mass is 288 g/mol. The largest absolute Gasteiger partial charge is 0.316 e. The summed E-state index contributed by atoms with van der Waals surface area (Å²) in [7, 11) is 0. The minimum absolute atomic E-state index is 0.118. The first-order valence-electron chi connectivity index (χ1n) is 5.63. The fourth-order valence-electron chi connectivity index (χ4n) is 1.59. The van der Waals surface area contributed by atoms with Gasteiger partial charge in [0.2, 0.25) is 0 Å². The van der Waals surface area contributed by atoms with Crippen molar-refractivity contribution >= 4 is 23.0 Å². The van der Waals surface area contributed by atoms with Crippen molar-refractivity contribution < 1.29 is 14.6 Å². The van der Waals surface area contributed by atoms with Crippen LogP contribution in [0.25, 0.3) is 0 Å². The molecule has 9 heteroatoms. The van der Waals surface area contributed by atoms with Gasteiger partial charge in [0.05, 0.1) is 15.9 Å². The first kappa shape index (κ1) is 14.1. The van der Waals surface area contributed by atoms with Crippen molar-refractivity contribution in [3.8, 4) is 0 Å². The quantitative estimate of drug-likeness (QED) is 0.677. The number of carbonyl (C=O) groups is 1. The van der Waals surface area contributed by atoms with Crippen molar-refractivity contribution in [1.82, 2.24) is 4.98 Å². The Hall–Kier alpha value is -3.36. The van der Waals surface area contributed by atoms with E-state index in [4.69, 9.17) is 0 Å². The maximum atomic E-state index is 11.9. The minimum atomic E-state index is -0.796. The molecule has 1 amide bonds. The highest BCUT2D eigenvalue weighted by Gasteiger charge is 2.21. The molecule has 21 heavy (non-hydrogen) atoms. The molecular formula is C12H8N4O5. The summed E-state index contributed by atoms with van der Waals surface area (Å²) in [5.41, 5.74) is -0.833. The first-order valence-corrected chi connectivity index (χ1v) is 5.63. The summed E-state index contributed by atoms with van der Waals surface area (Å²) in [6, 6.07) is 5.87. The molecule has 0 fully saturated rings. The van der Waals surface area contributed by atoms with E-state index in [9.17, 15) is 25.0 Å². The second kappa shape index (κ2) is 5.74. The van der Waals surface area contributed by atoms with E-state index in [0.717, 1.165) is 18.2 Å². The number of benzene rings is 1. The van der Waals surface area contributed by atoms with Crippen molar-refractivity contribution in [2.24, 2.45) is 0 Å². The zero-order chi connectivity index (χ0) is 15.4. The molecule has 0 saturated heterocycles. The van der Waals surface area contributed by atoms with Crippen LogP contribution in [0.1, 0.15) is 10.4 Å². The van der Waals surface area contributed by atoms with Crippen LogP contribution in [0.15, 0.2) is 42.7 Å². The molecule has 0 aliphatic rings. The molecule has 0 atom stereocenters. The molecule has 0 aliphatic heterocycles. The fourth-order valence-corrected chi connectivity index (χ4v) is 1.59. The number of nitro groups is 2. The Labute approximate surface area is 117 Å². The molecule has 0 spiro atoms. The van der Waals surface area contributed by atoms with Crippen molar-refractivity contribution in [1.29, 1.82) is 0 Å². The molecule has 1 heterocycles. The molecule has 106 valence electrons. The molecule has 1 N–H and O–H groups in total. The van der Waals surface area contributed by atoms with Gasteiger partial charge < -0.3 is 5.32 Å². The summed E-state index contributed by atoms with van der Waals surface area (Å²) in [4.78, 5) is 35.7. The number of hydrogen-bond donors (Lipinski definition) is 1. The lowest BCUT2D eigenvalue weighted by atomic mass is 10.2. The summed E-state index contributed by atoms with van der Waals surface area (Å²) in [5, 5.41) is 23.9. The van der Waals surface area contributed by atoms with Crippen molar-refractivity contribution in [3.63, 3.8) is 0 Å². The Bertz CT molecular complexity index is 717. The van der Waals surface area contributed by atoms with Crippen LogP contribution in [0.2, 0.25) is 0 Å². The average molecular weight is 288 g/mol. The molecule has 2 aromatic rings. The van der Waals surface area contributed by atoms with Crippen LogP contribution in [-0.2, 0) is 0 Å². The molecule has 2 rings (SSSR count). The number of anilines is 1. The van der Waals surface area contributed by atoms with E-state index in [1.54, 1.807) is 0 Å². The molecule has 0 bridgehead atoms. The smallest absolute Gasteiger partial charge is 0.299 e. The lowest BCUT2D eigenvalue weighted by molar-refractivity contribution is -0.393. The molecule has 1 aromatic heterocycles. The number of nitrogens with one attached hydrogen (secondary N) is 1. The normalized spacial score (nSPS) is 9.90. The van der Waals surface area contributed by atoms with Crippen LogP contribution in [0.5, 0.6) is 0 Å². The van der Waals surface area contributed by atoms with Gasteiger partial charge in [-0.15, -0.1) is 0 Å². The predicted octanol–water partition coefficient (Wildman–Crippen LogP) is 2.15. The van der Waals surface area contributed by atoms with Crippen LogP contribution >= 0.6 is 0 Å². The number of carbonyl (C=O) groups excluding carboxylic acids is 1. The van der Waals surface area contributed by atoms with E-state index < -0.39 is 27.1 Å². The van der Waals surface area contributed by atoms with Crippen molar-refractivity contribution in [2.45, 2.75) is 0 Å². The van der Waals surface area contributed by atoms with Gasteiger partial charge in [-0.2, -0.15) is 0 Å². The molecule has 0 aliphatic carbocycles. The van der Waals surface area contributed by atoms with E-state index >= 15 is 0 Å². The fraction of sp³-hybridized carbons (Fsp3) is 0. The highest BCUT2D eigenvalue weighted by Crippen LogP contribution is 2.29. The molecule has 0 saturated carbocycles. The predicted molar refractivity (Wildman–Crippen MR) is 71.9 cm³/mol. The Morgan fingerprint density at radius 1 is 1.05 bits per heavy atom. The van der Waals surface area contributed by atoms with E-state index in [-0.39, 0.29) is 11.3 Å².